The van der Waals surface area contributed by atoms with Crippen LogP contribution in [0.15, 0.2) is 0 Å². The molecule has 2 saturated heterocycles. The maximum Gasteiger partial charge on any atom is 0.322 e. The Balaban J connectivity index is 1.93. The second-order valence-corrected chi connectivity index (χ2v) is 3.23. The van der Waals surface area contributed by atoms with Crippen molar-refractivity contribution in [2.75, 3.05) is 6.54 Å². The van der Waals surface area contributed by atoms with Crippen LogP contribution < -0.4 is 5.43 Å². The maximum atomic E-state index is 10.5. The van der Waals surface area contributed by atoms with E-state index in [-0.39, 0.29) is 6.04 Å². The van der Waals surface area contributed by atoms with E-state index in [1.54, 1.807) is 0 Å². The Morgan fingerprint density at radius 1 is 1.45 bits per heavy atom. The largest absolute Gasteiger partial charge is 0.480 e. The molecule has 2 heterocycles. The molecule has 2 fully saturated rings. The molecule has 0 saturated carbocycles. The van der Waals surface area contributed by atoms with E-state index in [0.29, 0.717) is 6.04 Å². The highest BCUT2D eigenvalue weighted by Crippen LogP contribution is 2.24. The van der Waals surface area contributed by atoms with Crippen LogP contribution >= 0.6 is 0 Å². The van der Waals surface area contributed by atoms with Crippen molar-refractivity contribution in [1.29, 1.82) is 0 Å². The number of fused-ring (bicyclic) bond motifs is 1. The van der Waals surface area contributed by atoms with Crippen LogP contribution in [-0.2, 0) is 4.79 Å². The zero-order valence-electron chi connectivity index (χ0n) is 6.29. The SMILES string of the molecule is O=C(O)C1CCC2CCN2N1. The first kappa shape index (κ1) is 7.06. The van der Waals surface area contributed by atoms with Gasteiger partial charge in [-0.25, -0.2) is 10.4 Å². The predicted octanol–water partition coefficient (Wildman–Crippen LogP) is -0.188. The Hall–Kier alpha value is -0.610. The van der Waals surface area contributed by atoms with Gasteiger partial charge in [0.2, 0.25) is 0 Å². The number of rotatable bonds is 1. The van der Waals surface area contributed by atoms with Crippen LogP contribution in [0.2, 0.25) is 0 Å². The first-order valence-corrected chi connectivity index (χ1v) is 4.03. The number of carbonyl (C=O) groups is 1. The van der Waals surface area contributed by atoms with E-state index in [4.69, 9.17) is 5.11 Å². The van der Waals surface area contributed by atoms with Crippen molar-refractivity contribution in [2.24, 2.45) is 0 Å². The molecule has 0 aromatic heterocycles. The van der Waals surface area contributed by atoms with Crippen molar-refractivity contribution in [3.63, 3.8) is 0 Å². The first-order valence-electron chi connectivity index (χ1n) is 4.03. The second kappa shape index (κ2) is 2.46. The Morgan fingerprint density at radius 3 is 2.73 bits per heavy atom. The third-order valence-corrected chi connectivity index (χ3v) is 2.55. The van der Waals surface area contributed by atoms with Gasteiger partial charge in [-0.1, -0.05) is 0 Å². The number of hydrogen-bond acceptors (Lipinski definition) is 3. The smallest absolute Gasteiger partial charge is 0.322 e. The molecule has 2 aliphatic rings. The van der Waals surface area contributed by atoms with Crippen LogP contribution in [0, 0.1) is 0 Å². The maximum absolute atomic E-state index is 10.5. The van der Waals surface area contributed by atoms with Gasteiger partial charge in [0.15, 0.2) is 0 Å². The fourth-order valence-corrected chi connectivity index (χ4v) is 1.71. The molecule has 0 aromatic rings. The summed E-state index contributed by atoms with van der Waals surface area (Å²) in [7, 11) is 0. The summed E-state index contributed by atoms with van der Waals surface area (Å²) < 4.78 is 0. The lowest BCUT2D eigenvalue weighted by Crippen LogP contribution is -2.63. The summed E-state index contributed by atoms with van der Waals surface area (Å²) >= 11 is 0. The lowest BCUT2D eigenvalue weighted by molar-refractivity contribution is -0.145. The van der Waals surface area contributed by atoms with Gasteiger partial charge in [-0.2, -0.15) is 0 Å². The van der Waals surface area contributed by atoms with Gasteiger partial charge in [-0.3, -0.25) is 4.79 Å². The number of hydrogen-bond donors (Lipinski definition) is 2. The molecule has 2 N–H and O–H groups in total. The molecule has 2 atom stereocenters. The molecule has 0 amide bonds. The van der Waals surface area contributed by atoms with Gasteiger partial charge in [0, 0.05) is 12.6 Å². The standard InChI is InChI=1S/C7H12N2O2/c10-7(11)6-2-1-5-3-4-9(5)8-6/h5-6,8H,1-4H2,(H,10,11). The Kier molecular flexibility index (Phi) is 1.58. The average Bonchev–Trinajstić information content (AvgIpc) is 1.91. The van der Waals surface area contributed by atoms with Crippen LogP contribution in [0.4, 0.5) is 0 Å². The number of nitrogens with one attached hydrogen (secondary N) is 1. The molecule has 62 valence electrons. The second-order valence-electron chi connectivity index (χ2n) is 3.23. The monoisotopic (exact) mass is 156 g/mol. The quantitative estimate of drug-likeness (QED) is 0.552. The molecule has 0 aromatic carbocycles. The van der Waals surface area contributed by atoms with Crippen molar-refractivity contribution < 1.29 is 9.90 Å². The summed E-state index contributed by atoms with van der Waals surface area (Å²) in [4.78, 5) is 10.5. The van der Waals surface area contributed by atoms with Crippen LogP contribution in [0.1, 0.15) is 19.3 Å². The lowest BCUT2D eigenvalue weighted by Gasteiger charge is -2.46. The molecule has 4 nitrogen and oxygen atoms in total. The number of aliphatic carboxylic acids is 1. The fraction of sp³-hybridized carbons (Fsp3) is 0.857. The van der Waals surface area contributed by atoms with Crippen LogP contribution in [0.3, 0.4) is 0 Å². The van der Waals surface area contributed by atoms with E-state index in [2.05, 4.69) is 5.43 Å². The number of nitrogens with zero attached hydrogens (tertiary/aromatic N) is 1. The normalized spacial score (nSPS) is 37.5. The van der Waals surface area contributed by atoms with E-state index in [9.17, 15) is 4.79 Å². The molecule has 2 unspecified atom stereocenters. The van der Waals surface area contributed by atoms with Crippen molar-refractivity contribution >= 4 is 5.97 Å². The van der Waals surface area contributed by atoms with Crippen molar-refractivity contribution in [2.45, 2.75) is 31.3 Å². The number of hydrazine groups is 1. The summed E-state index contributed by atoms with van der Waals surface area (Å²) in [5.41, 5.74) is 2.99. The van der Waals surface area contributed by atoms with Gasteiger partial charge in [0.25, 0.3) is 0 Å². The minimum absolute atomic E-state index is 0.341. The molecule has 0 radical (unpaired) electrons. The van der Waals surface area contributed by atoms with Crippen molar-refractivity contribution in [1.82, 2.24) is 10.4 Å². The Labute approximate surface area is 65.2 Å². The van der Waals surface area contributed by atoms with Crippen LogP contribution in [0.5, 0.6) is 0 Å². The average molecular weight is 156 g/mol. The third-order valence-electron chi connectivity index (χ3n) is 2.55. The summed E-state index contributed by atoms with van der Waals surface area (Å²) in [6.45, 7) is 1.01. The molecule has 0 spiro atoms. The highest BCUT2D eigenvalue weighted by Gasteiger charge is 2.36. The third kappa shape index (κ3) is 1.12. The highest BCUT2D eigenvalue weighted by atomic mass is 16.4. The summed E-state index contributed by atoms with van der Waals surface area (Å²) in [5.74, 6) is -0.727. The lowest BCUT2D eigenvalue weighted by atomic mass is 9.95. The van der Waals surface area contributed by atoms with Gasteiger partial charge in [0.1, 0.15) is 6.04 Å². The van der Waals surface area contributed by atoms with Crippen molar-refractivity contribution in [3.05, 3.63) is 0 Å². The van der Waals surface area contributed by atoms with E-state index in [0.717, 1.165) is 19.4 Å². The van der Waals surface area contributed by atoms with E-state index >= 15 is 0 Å². The van der Waals surface area contributed by atoms with Gasteiger partial charge in [-0.15, -0.1) is 0 Å². The molecule has 2 rings (SSSR count). The topological polar surface area (TPSA) is 52.6 Å². The van der Waals surface area contributed by atoms with Crippen LogP contribution in [0.25, 0.3) is 0 Å². The fourth-order valence-electron chi connectivity index (χ4n) is 1.71. The van der Waals surface area contributed by atoms with Gasteiger partial charge in [-0.05, 0) is 19.3 Å². The molecule has 0 bridgehead atoms. The molecule has 11 heavy (non-hydrogen) atoms. The van der Waals surface area contributed by atoms with E-state index in [1.165, 1.54) is 6.42 Å². The van der Waals surface area contributed by atoms with E-state index in [1.807, 2.05) is 5.01 Å². The number of carboxylic acids is 1. The Morgan fingerprint density at radius 2 is 2.27 bits per heavy atom. The minimum atomic E-state index is -0.727. The molecule has 4 heteroatoms. The molecular formula is C7H12N2O2. The summed E-state index contributed by atoms with van der Waals surface area (Å²) in [5, 5.41) is 10.7. The summed E-state index contributed by atoms with van der Waals surface area (Å²) in [6.07, 6.45) is 3.03. The van der Waals surface area contributed by atoms with E-state index < -0.39 is 5.97 Å². The molecule has 2 aliphatic heterocycles. The highest BCUT2D eigenvalue weighted by molar-refractivity contribution is 5.73. The summed E-state index contributed by atoms with van der Waals surface area (Å²) in [6, 6.07) is 0.275. The van der Waals surface area contributed by atoms with Gasteiger partial charge < -0.3 is 5.11 Å². The van der Waals surface area contributed by atoms with Gasteiger partial charge in [0.05, 0.1) is 0 Å². The van der Waals surface area contributed by atoms with Crippen molar-refractivity contribution in [3.8, 4) is 0 Å². The molecular weight excluding hydrogens is 144 g/mol. The zero-order valence-corrected chi connectivity index (χ0v) is 6.29. The Bertz CT molecular complexity index is 183. The zero-order chi connectivity index (χ0) is 7.84. The minimum Gasteiger partial charge on any atom is -0.480 e. The van der Waals surface area contributed by atoms with Gasteiger partial charge >= 0.3 is 5.97 Å². The predicted molar refractivity (Wildman–Crippen MR) is 38.9 cm³/mol. The van der Waals surface area contributed by atoms with Crippen LogP contribution in [-0.4, -0.2) is 34.7 Å². The molecule has 0 aliphatic carbocycles. The number of carboxylic acid groups (broad SMARTS) is 1. The first-order chi connectivity index (χ1) is 5.27.